The number of nitro groups is 1. The lowest BCUT2D eigenvalue weighted by Crippen LogP contribution is -2.30. The van der Waals surface area contributed by atoms with E-state index in [0.29, 0.717) is 23.6 Å². The molecule has 0 aromatic heterocycles. The van der Waals surface area contributed by atoms with Crippen LogP contribution in [0.2, 0.25) is 0 Å². The summed E-state index contributed by atoms with van der Waals surface area (Å²) in [6.07, 6.45) is 0. The molecule has 0 unspecified atom stereocenters. The number of nitro benzene ring substituents is 1. The summed E-state index contributed by atoms with van der Waals surface area (Å²) in [7, 11) is 0. The molecule has 0 saturated heterocycles. The van der Waals surface area contributed by atoms with Crippen LogP contribution in [0, 0.1) is 10.1 Å². The molecule has 0 heterocycles. The summed E-state index contributed by atoms with van der Waals surface area (Å²) in [6, 6.07) is 22.6. The molecule has 1 amide bonds. The lowest BCUT2D eigenvalue weighted by molar-refractivity contribution is -0.384. The molecule has 3 rings (SSSR count). The minimum atomic E-state index is -0.469. The highest BCUT2D eigenvalue weighted by Crippen LogP contribution is 2.27. The van der Waals surface area contributed by atoms with Gasteiger partial charge in [-0.05, 0) is 30.7 Å². The van der Waals surface area contributed by atoms with Crippen LogP contribution in [0.25, 0.3) is 0 Å². The van der Waals surface area contributed by atoms with E-state index >= 15 is 0 Å². The van der Waals surface area contributed by atoms with Crippen LogP contribution in [-0.2, 0) is 6.54 Å². The van der Waals surface area contributed by atoms with Crippen molar-refractivity contribution in [2.75, 3.05) is 11.5 Å². The number of nitrogens with zero attached hydrogens (tertiary/aromatic N) is 2. The van der Waals surface area contributed by atoms with Gasteiger partial charge in [-0.1, -0.05) is 48.5 Å². The van der Waals surface area contributed by atoms with Crippen molar-refractivity contribution in [1.29, 1.82) is 0 Å². The molecular weight excluding hydrogens is 356 g/mol. The number of anilines is 1. The molecule has 6 nitrogen and oxygen atoms in total. The molecule has 0 spiro atoms. The van der Waals surface area contributed by atoms with Gasteiger partial charge in [-0.15, -0.1) is 0 Å². The van der Waals surface area contributed by atoms with Gasteiger partial charge in [0.2, 0.25) is 0 Å². The Labute approximate surface area is 163 Å². The summed E-state index contributed by atoms with van der Waals surface area (Å²) in [5.74, 6) is 0.201. The second-order valence-corrected chi connectivity index (χ2v) is 6.08. The number of rotatable bonds is 7. The zero-order valence-electron chi connectivity index (χ0n) is 15.4. The topological polar surface area (TPSA) is 72.7 Å². The quantitative estimate of drug-likeness (QED) is 0.437. The van der Waals surface area contributed by atoms with Gasteiger partial charge in [0.25, 0.3) is 11.6 Å². The first-order chi connectivity index (χ1) is 13.6. The molecular formula is C22H20N2O4. The Morgan fingerprint density at radius 1 is 1.00 bits per heavy atom. The summed E-state index contributed by atoms with van der Waals surface area (Å²) in [5, 5.41) is 11.2. The van der Waals surface area contributed by atoms with Crippen molar-refractivity contribution in [3.05, 3.63) is 100 Å². The van der Waals surface area contributed by atoms with Crippen molar-refractivity contribution in [3.8, 4) is 5.75 Å². The molecule has 3 aromatic rings. The highest BCUT2D eigenvalue weighted by molar-refractivity contribution is 6.08. The molecule has 6 heteroatoms. The Morgan fingerprint density at radius 2 is 1.71 bits per heavy atom. The van der Waals surface area contributed by atoms with E-state index in [4.69, 9.17) is 4.74 Å². The molecule has 0 aliphatic carbocycles. The number of non-ortho nitro benzene ring substituents is 1. The zero-order valence-corrected chi connectivity index (χ0v) is 15.4. The van der Waals surface area contributed by atoms with Gasteiger partial charge in [0, 0.05) is 12.1 Å². The number of ether oxygens (including phenoxy) is 1. The summed E-state index contributed by atoms with van der Waals surface area (Å²) in [6.45, 7) is 2.56. The Kier molecular flexibility index (Phi) is 6.01. The smallest absolute Gasteiger partial charge is 0.271 e. The Morgan fingerprint density at radius 3 is 2.43 bits per heavy atom. The van der Waals surface area contributed by atoms with Gasteiger partial charge in [0.1, 0.15) is 5.75 Å². The van der Waals surface area contributed by atoms with Crippen molar-refractivity contribution in [1.82, 2.24) is 0 Å². The average molecular weight is 376 g/mol. The first-order valence-corrected chi connectivity index (χ1v) is 8.92. The summed E-state index contributed by atoms with van der Waals surface area (Å²) in [4.78, 5) is 25.7. The SMILES string of the molecule is CCOc1ccccc1C(=O)N(Cc1ccccc1)c1cccc([N+](=O)[O-])c1. The third kappa shape index (κ3) is 4.35. The van der Waals surface area contributed by atoms with E-state index in [1.807, 2.05) is 37.3 Å². The van der Waals surface area contributed by atoms with Crippen molar-refractivity contribution in [2.45, 2.75) is 13.5 Å². The summed E-state index contributed by atoms with van der Waals surface area (Å²) in [5.41, 5.74) is 1.71. The van der Waals surface area contributed by atoms with Crippen molar-refractivity contribution in [3.63, 3.8) is 0 Å². The molecule has 0 aliphatic rings. The van der Waals surface area contributed by atoms with Crippen molar-refractivity contribution in [2.24, 2.45) is 0 Å². The number of amides is 1. The first-order valence-electron chi connectivity index (χ1n) is 8.92. The number of benzene rings is 3. The number of carbonyl (C=O) groups excluding carboxylic acids is 1. The van der Waals surface area contributed by atoms with Gasteiger partial charge in [-0.25, -0.2) is 0 Å². The van der Waals surface area contributed by atoms with Crippen LogP contribution in [0.15, 0.2) is 78.9 Å². The van der Waals surface area contributed by atoms with Gasteiger partial charge >= 0.3 is 0 Å². The molecule has 0 atom stereocenters. The molecule has 0 aliphatic heterocycles. The first kappa shape index (κ1) is 19.1. The fraction of sp³-hybridized carbons (Fsp3) is 0.136. The number of hydrogen-bond donors (Lipinski definition) is 0. The van der Waals surface area contributed by atoms with Crippen LogP contribution in [-0.4, -0.2) is 17.4 Å². The van der Waals surface area contributed by atoms with Crippen molar-refractivity contribution < 1.29 is 14.5 Å². The molecule has 0 fully saturated rings. The van der Waals surface area contributed by atoms with E-state index in [1.54, 1.807) is 36.4 Å². The van der Waals surface area contributed by atoms with E-state index in [2.05, 4.69) is 0 Å². The van der Waals surface area contributed by atoms with E-state index in [-0.39, 0.29) is 18.1 Å². The lowest BCUT2D eigenvalue weighted by atomic mass is 10.1. The van der Waals surface area contributed by atoms with Crippen LogP contribution in [0.5, 0.6) is 5.75 Å². The summed E-state index contributed by atoms with van der Waals surface area (Å²) >= 11 is 0. The predicted molar refractivity (Wildman–Crippen MR) is 108 cm³/mol. The van der Waals surface area contributed by atoms with Crippen LogP contribution in [0.1, 0.15) is 22.8 Å². The van der Waals surface area contributed by atoms with E-state index in [0.717, 1.165) is 5.56 Å². The highest BCUT2D eigenvalue weighted by atomic mass is 16.6. The molecule has 0 saturated carbocycles. The second kappa shape index (κ2) is 8.81. The van der Waals surface area contributed by atoms with Crippen LogP contribution in [0.4, 0.5) is 11.4 Å². The maximum atomic E-state index is 13.4. The lowest BCUT2D eigenvalue weighted by Gasteiger charge is -2.24. The molecule has 0 N–H and O–H groups in total. The molecule has 3 aromatic carbocycles. The second-order valence-electron chi connectivity index (χ2n) is 6.08. The molecule has 0 radical (unpaired) electrons. The largest absolute Gasteiger partial charge is 0.493 e. The average Bonchev–Trinajstić information content (AvgIpc) is 2.73. The van der Waals surface area contributed by atoms with Gasteiger partial charge < -0.3 is 9.64 Å². The maximum absolute atomic E-state index is 13.4. The predicted octanol–water partition coefficient (Wildman–Crippen LogP) is 4.84. The third-order valence-corrected chi connectivity index (χ3v) is 4.20. The normalized spacial score (nSPS) is 10.3. The van der Waals surface area contributed by atoms with Gasteiger partial charge in [0.15, 0.2) is 0 Å². The Hall–Kier alpha value is -3.67. The fourth-order valence-electron chi connectivity index (χ4n) is 2.89. The van der Waals surface area contributed by atoms with Crippen molar-refractivity contribution >= 4 is 17.3 Å². The Balaban J connectivity index is 2.05. The van der Waals surface area contributed by atoms with E-state index in [9.17, 15) is 14.9 Å². The zero-order chi connectivity index (χ0) is 19.9. The summed E-state index contributed by atoms with van der Waals surface area (Å²) < 4.78 is 5.60. The van der Waals surface area contributed by atoms with E-state index < -0.39 is 4.92 Å². The highest BCUT2D eigenvalue weighted by Gasteiger charge is 2.23. The molecule has 142 valence electrons. The minimum absolute atomic E-state index is 0.0681. The van der Waals surface area contributed by atoms with Crippen LogP contribution >= 0.6 is 0 Å². The minimum Gasteiger partial charge on any atom is -0.493 e. The molecule has 0 bridgehead atoms. The Bertz CT molecular complexity index is 973. The van der Waals surface area contributed by atoms with Crippen LogP contribution in [0.3, 0.4) is 0 Å². The van der Waals surface area contributed by atoms with Gasteiger partial charge in [-0.3, -0.25) is 14.9 Å². The number of para-hydroxylation sites is 1. The van der Waals surface area contributed by atoms with Gasteiger partial charge in [-0.2, -0.15) is 0 Å². The van der Waals surface area contributed by atoms with E-state index in [1.165, 1.54) is 17.0 Å². The number of carbonyl (C=O) groups is 1. The molecule has 28 heavy (non-hydrogen) atoms. The third-order valence-electron chi connectivity index (χ3n) is 4.20. The fourth-order valence-corrected chi connectivity index (χ4v) is 2.89. The monoisotopic (exact) mass is 376 g/mol. The van der Waals surface area contributed by atoms with Gasteiger partial charge in [0.05, 0.1) is 29.3 Å². The number of hydrogen-bond acceptors (Lipinski definition) is 4. The maximum Gasteiger partial charge on any atom is 0.271 e. The van der Waals surface area contributed by atoms with Crippen LogP contribution < -0.4 is 9.64 Å². The standard InChI is InChI=1S/C22H20N2O4/c1-2-28-21-14-7-6-13-20(21)22(25)23(16-17-9-4-3-5-10-17)18-11-8-12-19(15-18)24(26)27/h3-15H,2,16H2,1H3.